The lowest BCUT2D eigenvalue weighted by Gasteiger charge is -2.21. The van der Waals surface area contributed by atoms with Crippen molar-refractivity contribution in [3.8, 4) is 0 Å². The third-order valence-electron chi connectivity index (χ3n) is 4.07. The van der Waals surface area contributed by atoms with Crippen LogP contribution in [-0.4, -0.2) is 23.3 Å². The number of anilines is 1. The van der Waals surface area contributed by atoms with Gasteiger partial charge in [0.15, 0.2) is 0 Å². The van der Waals surface area contributed by atoms with E-state index in [1.54, 1.807) is 34.6 Å². The lowest BCUT2D eigenvalue weighted by molar-refractivity contribution is -0.135. The number of nitrogens with one attached hydrogen (secondary N) is 1. The van der Waals surface area contributed by atoms with Crippen LogP contribution < -0.4 is 5.32 Å². The molecule has 0 bridgehead atoms. The minimum atomic E-state index is -0.223. The van der Waals surface area contributed by atoms with Gasteiger partial charge in [0.2, 0.25) is 11.8 Å². The van der Waals surface area contributed by atoms with Gasteiger partial charge >= 0.3 is 0 Å². The van der Waals surface area contributed by atoms with Crippen molar-refractivity contribution in [3.63, 3.8) is 0 Å². The molecule has 0 aliphatic carbocycles. The van der Waals surface area contributed by atoms with Crippen LogP contribution in [0.3, 0.4) is 0 Å². The molecular weight excluding hydrogens is 360 g/mol. The number of para-hydroxylation sites is 1. The molecule has 3 rings (SSSR count). The van der Waals surface area contributed by atoms with E-state index < -0.39 is 0 Å². The summed E-state index contributed by atoms with van der Waals surface area (Å²) in [4.78, 5) is 27.9. The predicted molar refractivity (Wildman–Crippen MR) is 106 cm³/mol. The van der Waals surface area contributed by atoms with E-state index in [0.717, 1.165) is 12.8 Å². The first-order chi connectivity index (χ1) is 13.2. The van der Waals surface area contributed by atoms with Gasteiger partial charge in [-0.15, -0.1) is 11.3 Å². The van der Waals surface area contributed by atoms with Crippen molar-refractivity contribution < 1.29 is 14.0 Å². The fourth-order valence-corrected chi connectivity index (χ4v) is 3.50. The van der Waals surface area contributed by atoms with Crippen molar-refractivity contribution >= 4 is 28.8 Å². The third-order valence-corrected chi connectivity index (χ3v) is 5.00. The second kappa shape index (κ2) is 9.73. The van der Waals surface area contributed by atoms with Gasteiger partial charge in [0.1, 0.15) is 12.3 Å². The van der Waals surface area contributed by atoms with E-state index in [1.165, 1.54) is 4.88 Å². The molecule has 0 radical (unpaired) electrons. The molecule has 0 saturated carbocycles. The van der Waals surface area contributed by atoms with E-state index in [0.29, 0.717) is 17.9 Å². The number of carbonyl (C=O) groups is 2. The molecule has 0 aliphatic heterocycles. The number of rotatable bonds is 9. The van der Waals surface area contributed by atoms with Crippen LogP contribution in [0.5, 0.6) is 0 Å². The SMILES string of the molecule is O=C(CN(Cc1ccco1)C(=O)CCCc1cccs1)Nc1ccccc1. The van der Waals surface area contributed by atoms with E-state index >= 15 is 0 Å². The second-order valence-corrected chi connectivity index (χ2v) is 7.21. The normalized spacial score (nSPS) is 10.5. The average molecular weight is 382 g/mol. The number of aryl methyl sites for hydroxylation is 1. The molecular formula is C21H22N2O3S. The number of thiophene rings is 1. The van der Waals surface area contributed by atoms with E-state index in [-0.39, 0.29) is 24.9 Å². The summed E-state index contributed by atoms with van der Waals surface area (Å²) in [6.45, 7) is 0.278. The van der Waals surface area contributed by atoms with Crippen LogP contribution in [0.25, 0.3) is 0 Å². The van der Waals surface area contributed by atoms with Crippen molar-refractivity contribution in [3.05, 3.63) is 76.9 Å². The molecule has 6 heteroatoms. The molecule has 0 aliphatic rings. The van der Waals surface area contributed by atoms with Crippen molar-refractivity contribution in [2.45, 2.75) is 25.8 Å². The Morgan fingerprint density at radius 2 is 1.89 bits per heavy atom. The number of hydrogen-bond donors (Lipinski definition) is 1. The Kier molecular flexibility index (Phi) is 6.82. The Morgan fingerprint density at radius 3 is 2.59 bits per heavy atom. The third kappa shape index (κ3) is 6.11. The lowest BCUT2D eigenvalue weighted by atomic mass is 10.2. The number of hydrogen-bond acceptors (Lipinski definition) is 4. The van der Waals surface area contributed by atoms with Gasteiger partial charge in [-0.1, -0.05) is 24.3 Å². The maximum absolute atomic E-state index is 12.7. The standard InChI is InChI=1S/C21H22N2O3S/c24-20(22-17-7-2-1-3-8-17)16-23(15-18-9-5-13-26-18)21(25)12-4-10-19-11-6-14-27-19/h1-3,5-9,11,13-14H,4,10,12,15-16H2,(H,22,24). The van der Waals surface area contributed by atoms with Gasteiger partial charge in [-0.05, 0) is 48.6 Å². The predicted octanol–water partition coefficient (Wildman–Crippen LogP) is 4.33. The molecule has 0 unspecified atom stereocenters. The molecule has 0 fully saturated rings. The molecule has 0 spiro atoms. The van der Waals surface area contributed by atoms with Gasteiger partial charge < -0.3 is 14.6 Å². The number of benzene rings is 1. The summed E-state index contributed by atoms with van der Waals surface area (Å²) in [5.41, 5.74) is 0.714. The van der Waals surface area contributed by atoms with Gasteiger partial charge in [0, 0.05) is 17.0 Å². The Labute approximate surface area is 162 Å². The van der Waals surface area contributed by atoms with Crippen molar-refractivity contribution in [1.29, 1.82) is 0 Å². The minimum absolute atomic E-state index is 0.00652. The summed E-state index contributed by atoms with van der Waals surface area (Å²) < 4.78 is 5.35. The Balaban J connectivity index is 1.57. The van der Waals surface area contributed by atoms with Crippen molar-refractivity contribution in [2.75, 3.05) is 11.9 Å². The highest BCUT2D eigenvalue weighted by Gasteiger charge is 2.18. The minimum Gasteiger partial charge on any atom is -0.467 e. The molecule has 140 valence electrons. The van der Waals surface area contributed by atoms with Crippen molar-refractivity contribution in [1.82, 2.24) is 4.90 Å². The topological polar surface area (TPSA) is 62.6 Å². The zero-order chi connectivity index (χ0) is 18.9. The highest BCUT2D eigenvalue weighted by molar-refractivity contribution is 7.09. The summed E-state index contributed by atoms with van der Waals surface area (Å²) in [6.07, 6.45) is 3.60. The fraction of sp³-hybridized carbons (Fsp3) is 0.238. The maximum Gasteiger partial charge on any atom is 0.244 e. The highest BCUT2D eigenvalue weighted by Crippen LogP contribution is 2.14. The van der Waals surface area contributed by atoms with E-state index in [1.807, 2.05) is 41.8 Å². The Hall–Kier alpha value is -2.86. The summed E-state index contributed by atoms with van der Waals surface area (Å²) >= 11 is 1.69. The van der Waals surface area contributed by atoms with Crippen LogP contribution in [-0.2, 0) is 22.6 Å². The molecule has 2 heterocycles. The van der Waals surface area contributed by atoms with Gasteiger partial charge in [0.05, 0.1) is 12.8 Å². The summed E-state index contributed by atoms with van der Waals surface area (Å²) in [5, 5.41) is 4.86. The first kappa shape index (κ1) is 18.9. The monoisotopic (exact) mass is 382 g/mol. The van der Waals surface area contributed by atoms with Gasteiger partial charge in [0.25, 0.3) is 0 Å². The second-order valence-electron chi connectivity index (χ2n) is 6.18. The van der Waals surface area contributed by atoms with Crippen LogP contribution in [0.2, 0.25) is 0 Å². The van der Waals surface area contributed by atoms with E-state index in [2.05, 4.69) is 11.4 Å². The number of furan rings is 1. The van der Waals surface area contributed by atoms with Crippen LogP contribution in [0.15, 0.2) is 70.7 Å². The van der Waals surface area contributed by atoms with Crippen LogP contribution in [0.1, 0.15) is 23.5 Å². The van der Waals surface area contributed by atoms with Crippen LogP contribution >= 0.6 is 11.3 Å². The first-order valence-electron chi connectivity index (χ1n) is 8.88. The molecule has 5 nitrogen and oxygen atoms in total. The molecule has 0 saturated heterocycles. The molecule has 2 aromatic heterocycles. The largest absolute Gasteiger partial charge is 0.467 e. The summed E-state index contributed by atoms with van der Waals surface area (Å²) in [5.74, 6) is 0.389. The maximum atomic E-state index is 12.7. The summed E-state index contributed by atoms with van der Waals surface area (Å²) in [6, 6.07) is 16.9. The van der Waals surface area contributed by atoms with E-state index in [9.17, 15) is 9.59 Å². The molecule has 27 heavy (non-hydrogen) atoms. The van der Waals surface area contributed by atoms with E-state index in [4.69, 9.17) is 4.42 Å². The number of amides is 2. The lowest BCUT2D eigenvalue weighted by Crippen LogP contribution is -2.37. The molecule has 0 atom stereocenters. The number of carbonyl (C=O) groups excluding carboxylic acids is 2. The Bertz CT molecular complexity index is 830. The van der Waals surface area contributed by atoms with Gasteiger partial charge in [-0.3, -0.25) is 9.59 Å². The smallest absolute Gasteiger partial charge is 0.244 e. The molecule has 1 N–H and O–H groups in total. The van der Waals surface area contributed by atoms with Gasteiger partial charge in [-0.25, -0.2) is 0 Å². The van der Waals surface area contributed by atoms with Crippen LogP contribution in [0.4, 0.5) is 5.69 Å². The fourth-order valence-electron chi connectivity index (χ4n) is 2.75. The van der Waals surface area contributed by atoms with Crippen LogP contribution in [0, 0.1) is 0 Å². The number of nitrogens with zero attached hydrogens (tertiary/aromatic N) is 1. The quantitative estimate of drug-likeness (QED) is 0.599. The molecule has 3 aromatic rings. The average Bonchev–Trinajstić information content (AvgIpc) is 3.36. The zero-order valence-corrected chi connectivity index (χ0v) is 15.8. The molecule has 2 amide bonds. The molecule has 1 aromatic carbocycles. The van der Waals surface area contributed by atoms with Crippen molar-refractivity contribution in [2.24, 2.45) is 0 Å². The highest BCUT2D eigenvalue weighted by atomic mass is 32.1. The Morgan fingerprint density at radius 1 is 1.04 bits per heavy atom. The summed E-state index contributed by atoms with van der Waals surface area (Å²) in [7, 11) is 0. The van der Waals surface area contributed by atoms with Gasteiger partial charge in [-0.2, -0.15) is 0 Å². The zero-order valence-electron chi connectivity index (χ0n) is 15.0. The first-order valence-corrected chi connectivity index (χ1v) is 9.76.